The summed E-state index contributed by atoms with van der Waals surface area (Å²) >= 11 is 5.95. The van der Waals surface area contributed by atoms with Gasteiger partial charge in [0, 0.05) is 21.8 Å². The molecular formula is C21H15ClFN3O. The van der Waals surface area contributed by atoms with Crippen LogP contribution in [0.15, 0.2) is 83.3 Å². The fourth-order valence-electron chi connectivity index (χ4n) is 2.74. The number of hydrogen-bond acceptors (Lipinski definition) is 4. The van der Waals surface area contributed by atoms with E-state index < -0.39 is 6.04 Å². The number of anilines is 1. The quantitative estimate of drug-likeness (QED) is 0.481. The average molecular weight is 380 g/mol. The van der Waals surface area contributed by atoms with Gasteiger partial charge in [-0.15, -0.1) is 10.2 Å². The number of nitrogens with zero attached hydrogens (tertiary/aromatic N) is 2. The van der Waals surface area contributed by atoms with Gasteiger partial charge in [-0.1, -0.05) is 48.0 Å². The zero-order chi connectivity index (χ0) is 18.6. The van der Waals surface area contributed by atoms with Gasteiger partial charge in [0.2, 0.25) is 11.8 Å². The van der Waals surface area contributed by atoms with E-state index in [9.17, 15) is 4.39 Å². The van der Waals surface area contributed by atoms with Crippen molar-refractivity contribution in [3.8, 4) is 11.5 Å². The molecule has 0 bridgehead atoms. The van der Waals surface area contributed by atoms with Crippen molar-refractivity contribution >= 4 is 17.3 Å². The summed E-state index contributed by atoms with van der Waals surface area (Å²) < 4.78 is 20.3. The molecule has 134 valence electrons. The first-order valence-corrected chi connectivity index (χ1v) is 8.74. The molecule has 0 aliphatic heterocycles. The Labute approximate surface area is 160 Å². The summed E-state index contributed by atoms with van der Waals surface area (Å²) in [6.45, 7) is 0. The fraction of sp³-hybridized carbons (Fsp3) is 0.0476. The molecule has 1 aromatic heterocycles. The highest BCUT2D eigenvalue weighted by molar-refractivity contribution is 6.30. The second kappa shape index (κ2) is 7.60. The van der Waals surface area contributed by atoms with Crippen molar-refractivity contribution in [2.45, 2.75) is 6.04 Å². The summed E-state index contributed by atoms with van der Waals surface area (Å²) in [4.78, 5) is 0. The minimum atomic E-state index is -0.641. The van der Waals surface area contributed by atoms with E-state index in [2.05, 4.69) is 15.5 Å². The Morgan fingerprint density at radius 2 is 1.56 bits per heavy atom. The predicted molar refractivity (Wildman–Crippen MR) is 103 cm³/mol. The topological polar surface area (TPSA) is 51.0 Å². The molecule has 0 saturated heterocycles. The summed E-state index contributed by atoms with van der Waals surface area (Å²) in [5.74, 6) is 0.294. The monoisotopic (exact) mass is 379 g/mol. The number of benzene rings is 3. The number of nitrogens with one attached hydrogen (secondary N) is 1. The maximum Gasteiger partial charge on any atom is 0.247 e. The van der Waals surface area contributed by atoms with E-state index in [4.69, 9.17) is 16.0 Å². The normalized spacial score (nSPS) is 11.9. The van der Waals surface area contributed by atoms with Gasteiger partial charge in [0.1, 0.15) is 11.9 Å². The van der Waals surface area contributed by atoms with Crippen LogP contribution in [-0.2, 0) is 0 Å². The minimum Gasteiger partial charge on any atom is -0.418 e. The lowest BCUT2D eigenvalue weighted by Crippen LogP contribution is -2.14. The Balaban J connectivity index is 1.73. The molecule has 0 aliphatic carbocycles. The molecule has 4 nitrogen and oxygen atoms in total. The molecule has 0 spiro atoms. The van der Waals surface area contributed by atoms with Crippen molar-refractivity contribution in [1.29, 1.82) is 0 Å². The first-order chi connectivity index (χ1) is 13.2. The highest BCUT2D eigenvalue weighted by Gasteiger charge is 2.24. The fourth-order valence-corrected chi connectivity index (χ4v) is 2.87. The molecule has 27 heavy (non-hydrogen) atoms. The standard InChI is InChI=1S/C21H15ClFN3O/c22-15-10-12-16(13-11-15)24-19(17-8-4-5-9-18(17)23)21-26-25-20(27-21)14-6-2-1-3-7-14/h1-13,19,24H/t19-/m1/s1. The summed E-state index contributed by atoms with van der Waals surface area (Å²) in [5.41, 5.74) is 1.97. The SMILES string of the molecule is Fc1ccccc1[C@@H](Nc1ccc(Cl)cc1)c1nnc(-c2ccccc2)o1. The Morgan fingerprint density at radius 3 is 2.30 bits per heavy atom. The Hall–Kier alpha value is -3.18. The molecule has 6 heteroatoms. The first kappa shape index (κ1) is 17.2. The number of halogens is 2. The molecule has 4 aromatic rings. The van der Waals surface area contributed by atoms with Gasteiger partial charge in [-0.25, -0.2) is 4.39 Å². The van der Waals surface area contributed by atoms with E-state index in [1.54, 1.807) is 30.3 Å². The van der Waals surface area contributed by atoms with Crippen molar-refractivity contribution in [1.82, 2.24) is 10.2 Å². The van der Waals surface area contributed by atoms with Gasteiger partial charge in [0.25, 0.3) is 0 Å². The number of aromatic nitrogens is 2. The molecule has 0 fully saturated rings. The second-order valence-corrected chi connectivity index (χ2v) is 6.35. The van der Waals surface area contributed by atoms with Crippen LogP contribution < -0.4 is 5.32 Å². The number of hydrogen-bond donors (Lipinski definition) is 1. The molecule has 3 aromatic carbocycles. The van der Waals surface area contributed by atoms with Crippen molar-refractivity contribution in [2.24, 2.45) is 0 Å². The van der Waals surface area contributed by atoms with Crippen LogP contribution in [0.25, 0.3) is 11.5 Å². The predicted octanol–water partition coefficient (Wildman–Crippen LogP) is 5.73. The van der Waals surface area contributed by atoms with Crippen LogP contribution in [0.2, 0.25) is 5.02 Å². The Kier molecular flexibility index (Phi) is 4.85. The second-order valence-electron chi connectivity index (χ2n) is 5.92. The van der Waals surface area contributed by atoms with Crippen LogP contribution in [0, 0.1) is 5.82 Å². The van der Waals surface area contributed by atoms with Gasteiger partial charge < -0.3 is 9.73 Å². The Bertz CT molecular complexity index is 1030. The average Bonchev–Trinajstić information content (AvgIpc) is 3.19. The van der Waals surface area contributed by atoms with E-state index in [-0.39, 0.29) is 11.7 Å². The van der Waals surface area contributed by atoms with Crippen molar-refractivity contribution < 1.29 is 8.81 Å². The molecule has 0 saturated carbocycles. The third-order valence-corrected chi connectivity index (χ3v) is 4.33. The van der Waals surface area contributed by atoms with Crippen molar-refractivity contribution in [3.63, 3.8) is 0 Å². The maximum atomic E-state index is 14.5. The van der Waals surface area contributed by atoms with Gasteiger partial charge in [-0.3, -0.25) is 0 Å². The third-order valence-electron chi connectivity index (χ3n) is 4.08. The lowest BCUT2D eigenvalue weighted by atomic mass is 10.1. The number of rotatable bonds is 5. The van der Waals surface area contributed by atoms with Crippen LogP contribution in [-0.4, -0.2) is 10.2 Å². The minimum absolute atomic E-state index is 0.272. The molecular weight excluding hydrogens is 365 g/mol. The molecule has 0 amide bonds. The highest BCUT2D eigenvalue weighted by Crippen LogP contribution is 2.30. The molecule has 0 aliphatic rings. The van der Waals surface area contributed by atoms with Crippen LogP contribution >= 0.6 is 11.6 Å². The first-order valence-electron chi connectivity index (χ1n) is 8.36. The summed E-state index contributed by atoms with van der Waals surface area (Å²) in [6, 6.07) is 22.4. The lowest BCUT2D eigenvalue weighted by molar-refractivity contribution is 0.485. The van der Waals surface area contributed by atoms with Crippen LogP contribution in [0.3, 0.4) is 0 Å². The maximum absolute atomic E-state index is 14.5. The summed E-state index contributed by atoms with van der Waals surface area (Å²) in [6.07, 6.45) is 0. The van der Waals surface area contributed by atoms with Crippen LogP contribution in [0.4, 0.5) is 10.1 Å². The van der Waals surface area contributed by atoms with E-state index in [1.807, 2.05) is 42.5 Å². The van der Waals surface area contributed by atoms with Crippen LogP contribution in [0.1, 0.15) is 17.5 Å². The van der Waals surface area contributed by atoms with Crippen molar-refractivity contribution in [3.05, 3.63) is 101 Å². The molecule has 1 atom stereocenters. The van der Waals surface area contributed by atoms with Gasteiger partial charge in [0.15, 0.2) is 0 Å². The highest BCUT2D eigenvalue weighted by atomic mass is 35.5. The zero-order valence-electron chi connectivity index (χ0n) is 14.1. The van der Waals surface area contributed by atoms with E-state index >= 15 is 0 Å². The molecule has 4 rings (SSSR count). The van der Waals surface area contributed by atoms with Gasteiger partial charge >= 0.3 is 0 Å². The molecule has 1 N–H and O–H groups in total. The van der Waals surface area contributed by atoms with Crippen LogP contribution in [0.5, 0.6) is 0 Å². The van der Waals surface area contributed by atoms with Gasteiger partial charge in [0.05, 0.1) is 0 Å². The van der Waals surface area contributed by atoms with Gasteiger partial charge in [-0.05, 0) is 42.5 Å². The van der Waals surface area contributed by atoms with E-state index in [0.29, 0.717) is 16.5 Å². The van der Waals surface area contributed by atoms with Crippen molar-refractivity contribution in [2.75, 3.05) is 5.32 Å². The Morgan fingerprint density at radius 1 is 0.852 bits per heavy atom. The van der Waals surface area contributed by atoms with Gasteiger partial charge in [-0.2, -0.15) is 0 Å². The molecule has 0 unspecified atom stereocenters. The molecule has 0 radical (unpaired) electrons. The zero-order valence-corrected chi connectivity index (χ0v) is 14.9. The smallest absolute Gasteiger partial charge is 0.247 e. The van der Waals surface area contributed by atoms with E-state index in [1.165, 1.54) is 6.07 Å². The largest absolute Gasteiger partial charge is 0.418 e. The third kappa shape index (κ3) is 3.83. The summed E-state index contributed by atoms with van der Waals surface area (Å²) in [7, 11) is 0. The molecule has 1 heterocycles. The lowest BCUT2D eigenvalue weighted by Gasteiger charge is -2.17. The summed E-state index contributed by atoms with van der Waals surface area (Å²) in [5, 5.41) is 12.1. The van der Waals surface area contributed by atoms with E-state index in [0.717, 1.165) is 11.3 Å².